The molecule has 0 atom stereocenters. The van der Waals surface area contributed by atoms with Gasteiger partial charge in [0.25, 0.3) is 5.91 Å². The van der Waals surface area contributed by atoms with Gasteiger partial charge in [-0.1, -0.05) is 23.5 Å². The smallest absolute Gasteiger partial charge is 0.260 e. The molecule has 3 aromatic rings. The number of fused-ring (bicyclic) bond motifs is 2. The molecule has 0 saturated heterocycles. The molecule has 0 N–H and O–H groups in total. The first-order valence-electron chi connectivity index (χ1n) is 11.2. The molecule has 0 aliphatic heterocycles. The quantitative estimate of drug-likeness (QED) is 0.488. The number of carbonyl (C=O) groups excluding carboxylic acids is 1. The summed E-state index contributed by atoms with van der Waals surface area (Å²) in [6, 6.07) is 12.2. The molecule has 5 nitrogen and oxygen atoms in total. The Hall–Kier alpha value is -2.44. The summed E-state index contributed by atoms with van der Waals surface area (Å²) in [6.45, 7) is 4.12. The SMILES string of the molecule is CCOc1cccc2sc(N(CCCN(C)C)C(=O)c3ccc4c(c3)CCCC4)nc12. The van der Waals surface area contributed by atoms with Crippen LogP contribution in [0, 0.1) is 0 Å². The fourth-order valence-electron chi connectivity index (χ4n) is 4.15. The molecule has 1 aliphatic carbocycles. The van der Waals surface area contributed by atoms with E-state index in [-0.39, 0.29) is 5.91 Å². The molecule has 0 radical (unpaired) electrons. The number of hydrogen-bond donors (Lipinski definition) is 0. The maximum atomic E-state index is 13.6. The van der Waals surface area contributed by atoms with Crippen LogP contribution in [0.25, 0.3) is 10.2 Å². The highest BCUT2D eigenvalue weighted by Crippen LogP contribution is 2.35. The summed E-state index contributed by atoms with van der Waals surface area (Å²) in [5, 5.41) is 0.739. The minimum absolute atomic E-state index is 0.0316. The van der Waals surface area contributed by atoms with E-state index >= 15 is 0 Å². The number of carbonyl (C=O) groups is 1. The summed E-state index contributed by atoms with van der Waals surface area (Å²) in [5.74, 6) is 0.807. The highest BCUT2D eigenvalue weighted by atomic mass is 32.1. The molecule has 4 rings (SSSR count). The van der Waals surface area contributed by atoms with Crippen LogP contribution in [0.15, 0.2) is 36.4 Å². The van der Waals surface area contributed by atoms with Crippen molar-refractivity contribution in [1.29, 1.82) is 0 Å². The van der Waals surface area contributed by atoms with Gasteiger partial charge in [-0.05, 0) is 95.1 Å². The Bertz CT molecular complexity index is 1060. The Labute approximate surface area is 188 Å². The van der Waals surface area contributed by atoms with E-state index < -0.39 is 0 Å². The topological polar surface area (TPSA) is 45.7 Å². The maximum Gasteiger partial charge on any atom is 0.260 e. The zero-order chi connectivity index (χ0) is 21.8. The number of aromatic nitrogens is 1. The second-order valence-corrected chi connectivity index (χ2v) is 9.35. The van der Waals surface area contributed by atoms with Crippen molar-refractivity contribution in [3.63, 3.8) is 0 Å². The summed E-state index contributed by atoms with van der Waals surface area (Å²) in [6.07, 6.45) is 5.52. The Kier molecular flexibility index (Phi) is 6.88. The lowest BCUT2D eigenvalue weighted by Gasteiger charge is -2.22. The number of amides is 1. The van der Waals surface area contributed by atoms with Crippen LogP contribution in [0.2, 0.25) is 0 Å². The molecule has 164 valence electrons. The van der Waals surface area contributed by atoms with E-state index in [1.54, 1.807) is 11.3 Å². The zero-order valence-corrected chi connectivity index (χ0v) is 19.5. The third-order valence-electron chi connectivity index (χ3n) is 5.73. The van der Waals surface area contributed by atoms with Gasteiger partial charge >= 0.3 is 0 Å². The fourth-order valence-corrected chi connectivity index (χ4v) is 5.16. The van der Waals surface area contributed by atoms with Crippen LogP contribution >= 0.6 is 11.3 Å². The van der Waals surface area contributed by atoms with Crippen molar-refractivity contribution in [1.82, 2.24) is 9.88 Å². The lowest BCUT2D eigenvalue weighted by Crippen LogP contribution is -2.33. The molecule has 1 aliphatic rings. The van der Waals surface area contributed by atoms with Gasteiger partial charge in [-0.15, -0.1) is 0 Å². The average Bonchev–Trinajstić information content (AvgIpc) is 3.21. The predicted octanol–water partition coefficient (Wildman–Crippen LogP) is 5.17. The second kappa shape index (κ2) is 9.79. The van der Waals surface area contributed by atoms with Crippen molar-refractivity contribution >= 4 is 32.6 Å². The van der Waals surface area contributed by atoms with E-state index in [0.29, 0.717) is 13.2 Å². The number of ether oxygens (including phenoxy) is 1. The van der Waals surface area contributed by atoms with Crippen molar-refractivity contribution in [2.75, 3.05) is 38.7 Å². The molecule has 6 heteroatoms. The summed E-state index contributed by atoms with van der Waals surface area (Å²) in [4.78, 5) is 22.5. The Balaban J connectivity index is 1.68. The largest absolute Gasteiger partial charge is 0.492 e. The van der Waals surface area contributed by atoms with E-state index in [4.69, 9.17) is 9.72 Å². The van der Waals surface area contributed by atoms with E-state index in [2.05, 4.69) is 31.1 Å². The number of benzene rings is 2. The van der Waals surface area contributed by atoms with Crippen LogP contribution < -0.4 is 9.64 Å². The minimum Gasteiger partial charge on any atom is -0.492 e. The maximum absolute atomic E-state index is 13.6. The monoisotopic (exact) mass is 437 g/mol. The first-order valence-corrected chi connectivity index (χ1v) is 12.0. The molecule has 1 heterocycles. The molecule has 0 saturated carbocycles. The summed E-state index contributed by atoms with van der Waals surface area (Å²) in [5.41, 5.74) is 4.31. The normalized spacial score (nSPS) is 13.4. The van der Waals surface area contributed by atoms with Crippen molar-refractivity contribution in [3.05, 3.63) is 53.1 Å². The van der Waals surface area contributed by atoms with Gasteiger partial charge in [0.15, 0.2) is 5.13 Å². The van der Waals surface area contributed by atoms with Crippen LogP contribution in [0.5, 0.6) is 5.75 Å². The second-order valence-electron chi connectivity index (χ2n) is 8.34. The van der Waals surface area contributed by atoms with E-state index in [1.165, 1.54) is 24.0 Å². The van der Waals surface area contributed by atoms with Crippen molar-refractivity contribution < 1.29 is 9.53 Å². The lowest BCUT2D eigenvalue weighted by atomic mass is 9.90. The average molecular weight is 438 g/mol. The summed E-state index contributed by atoms with van der Waals surface area (Å²) >= 11 is 1.56. The third kappa shape index (κ3) is 4.91. The Morgan fingerprint density at radius 3 is 2.68 bits per heavy atom. The molecule has 1 amide bonds. The van der Waals surface area contributed by atoms with E-state index in [0.717, 1.165) is 52.5 Å². The highest BCUT2D eigenvalue weighted by Gasteiger charge is 2.23. The first-order chi connectivity index (χ1) is 15.1. The van der Waals surface area contributed by atoms with Gasteiger partial charge in [-0.25, -0.2) is 4.98 Å². The van der Waals surface area contributed by atoms with Gasteiger partial charge in [-0.2, -0.15) is 0 Å². The number of anilines is 1. The lowest BCUT2D eigenvalue weighted by molar-refractivity contribution is 0.0986. The highest BCUT2D eigenvalue weighted by molar-refractivity contribution is 7.22. The predicted molar refractivity (Wildman–Crippen MR) is 129 cm³/mol. The van der Waals surface area contributed by atoms with Gasteiger partial charge < -0.3 is 9.64 Å². The molecule has 2 aromatic carbocycles. The van der Waals surface area contributed by atoms with Crippen LogP contribution in [0.3, 0.4) is 0 Å². The van der Waals surface area contributed by atoms with Gasteiger partial charge in [0.2, 0.25) is 0 Å². The molecule has 1 aromatic heterocycles. The molecule has 0 fully saturated rings. The van der Waals surface area contributed by atoms with Crippen LogP contribution in [-0.4, -0.2) is 49.6 Å². The Morgan fingerprint density at radius 1 is 1.10 bits per heavy atom. The van der Waals surface area contributed by atoms with Crippen LogP contribution in [-0.2, 0) is 12.8 Å². The third-order valence-corrected chi connectivity index (χ3v) is 6.77. The van der Waals surface area contributed by atoms with Crippen molar-refractivity contribution in [3.8, 4) is 5.75 Å². The number of nitrogens with zero attached hydrogens (tertiary/aromatic N) is 3. The molecule has 0 bridgehead atoms. The van der Waals surface area contributed by atoms with Crippen LogP contribution in [0.1, 0.15) is 47.7 Å². The molecule has 0 spiro atoms. The summed E-state index contributed by atoms with van der Waals surface area (Å²) in [7, 11) is 4.11. The molecule has 31 heavy (non-hydrogen) atoms. The molecular weight excluding hydrogens is 406 g/mol. The van der Waals surface area contributed by atoms with E-state index in [9.17, 15) is 4.79 Å². The standard InChI is InChI=1S/C25H31N3O2S/c1-4-30-21-11-7-12-22-23(21)26-25(31-22)28(16-8-15-27(2)3)24(29)20-14-13-18-9-5-6-10-19(18)17-20/h7,11-14,17H,4-6,8-10,15-16H2,1-3H3. The number of thiazole rings is 1. The van der Waals surface area contributed by atoms with Crippen molar-refractivity contribution in [2.24, 2.45) is 0 Å². The molecular formula is C25H31N3O2S. The fraction of sp³-hybridized carbons (Fsp3) is 0.440. The van der Waals surface area contributed by atoms with Crippen LogP contribution in [0.4, 0.5) is 5.13 Å². The van der Waals surface area contributed by atoms with Gasteiger partial charge in [0.05, 0.1) is 11.3 Å². The first kappa shape index (κ1) is 21.8. The van der Waals surface area contributed by atoms with Gasteiger partial charge in [0, 0.05) is 12.1 Å². The number of aryl methyl sites for hydroxylation is 2. The van der Waals surface area contributed by atoms with Gasteiger partial charge in [-0.3, -0.25) is 9.69 Å². The Morgan fingerprint density at radius 2 is 1.90 bits per heavy atom. The zero-order valence-electron chi connectivity index (χ0n) is 18.7. The van der Waals surface area contributed by atoms with E-state index in [1.807, 2.05) is 36.1 Å². The van der Waals surface area contributed by atoms with Crippen molar-refractivity contribution in [2.45, 2.75) is 39.0 Å². The number of hydrogen-bond acceptors (Lipinski definition) is 5. The summed E-state index contributed by atoms with van der Waals surface area (Å²) < 4.78 is 6.80. The minimum atomic E-state index is 0.0316. The van der Waals surface area contributed by atoms with Gasteiger partial charge in [0.1, 0.15) is 11.3 Å². The number of rotatable bonds is 8. The number of para-hydroxylation sites is 1. The molecule has 0 unspecified atom stereocenters.